The molecule has 46 valence electrons. The van der Waals surface area contributed by atoms with Crippen molar-refractivity contribution < 1.29 is 4.52 Å². The number of hydrogen-bond acceptors (Lipinski definition) is 3. The number of nitrogens with zero attached hydrogens (tertiary/aromatic N) is 2. The maximum atomic E-state index is 4.22. The molecule has 3 heteroatoms. The zero-order valence-corrected chi connectivity index (χ0v) is 5.16. The fourth-order valence-electron chi connectivity index (χ4n) is 0.136. The fraction of sp³-hybridized carbons (Fsp3) is 0.600. The van der Waals surface area contributed by atoms with Crippen LogP contribution in [0.1, 0.15) is 20.3 Å². The van der Waals surface area contributed by atoms with Gasteiger partial charge in [0.05, 0.1) is 0 Å². The second-order valence-electron chi connectivity index (χ2n) is 1.29. The summed E-state index contributed by atoms with van der Waals surface area (Å²) in [7, 11) is 0. The van der Waals surface area contributed by atoms with Crippen molar-refractivity contribution in [2.24, 2.45) is 0 Å². The van der Waals surface area contributed by atoms with Crippen LogP contribution in [0, 0.1) is 0 Å². The first-order valence-electron chi connectivity index (χ1n) is 2.61. The summed E-state index contributed by atoms with van der Waals surface area (Å²) in [6.07, 6.45) is 3.85. The summed E-state index contributed by atoms with van der Waals surface area (Å²) < 4.78 is 4.22. The third kappa shape index (κ3) is 5.14. The minimum absolute atomic E-state index is 1.25. The smallest absolute Gasteiger partial charge is 0.213 e. The average molecular weight is 114 g/mol. The molecule has 0 atom stereocenters. The fourth-order valence-corrected chi connectivity index (χ4v) is 0.136. The number of rotatable bonds is 0. The van der Waals surface area contributed by atoms with Crippen LogP contribution in [0.5, 0.6) is 0 Å². The van der Waals surface area contributed by atoms with Gasteiger partial charge < -0.3 is 4.52 Å². The minimum Gasteiger partial charge on any atom is -0.343 e. The summed E-state index contributed by atoms with van der Waals surface area (Å²) in [6, 6.07) is 0. The summed E-state index contributed by atoms with van der Waals surface area (Å²) >= 11 is 0. The molecule has 1 aromatic rings. The average Bonchev–Trinajstić information content (AvgIpc) is 2.17. The van der Waals surface area contributed by atoms with E-state index in [4.69, 9.17) is 0 Å². The minimum atomic E-state index is 1.25. The quantitative estimate of drug-likeness (QED) is 0.512. The summed E-state index contributed by atoms with van der Waals surface area (Å²) in [6.45, 7) is 4.25. The van der Waals surface area contributed by atoms with E-state index >= 15 is 0 Å². The zero-order valence-electron chi connectivity index (χ0n) is 5.16. The Morgan fingerprint density at radius 1 is 1.50 bits per heavy atom. The topological polar surface area (TPSA) is 38.9 Å². The molecule has 1 rings (SSSR count). The first-order chi connectivity index (χ1) is 3.91. The summed E-state index contributed by atoms with van der Waals surface area (Å²) in [4.78, 5) is 3.44. The van der Waals surface area contributed by atoms with Crippen LogP contribution in [0.25, 0.3) is 0 Å². The lowest BCUT2D eigenvalue weighted by Gasteiger charge is -1.48. The summed E-state index contributed by atoms with van der Waals surface area (Å²) in [5, 5.41) is 3.24. The monoisotopic (exact) mass is 114 g/mol. The van der Waals surface area contributed by atoms with E-state index < -0.39 is 0 Å². The molecule has 0 spiro atoms. The third-order valence-electron chi connectivity index (χ3n) is 0.283. The van der Waals surface area contributed by atoms with Crippen LogP contribution >= 0.6 is 0 Å². The molecule has 3 nitrogen and oxygen atoms in total. The molecule has 0 amide bonds. The predicted octanol–water partition coefficient (Wildman–Crippen LogP) is 1.49. The Kier molecular flexibility index (Phi) is 5.48. The highest BCUT2D eigenvalue weighted by Gasteiger charge is 1.60. The Hall–Kier alpha value is -0.860. The first kappa shape index (κ1) is 7.14. The molecule has 0 radical (unpaired) electrons. The molecule has 0 unspecified atom stereocenters. The molecular formula is C5H10N2O. The van der Waals surface area contributed by atoms with Crippen LogP contribution in [-0.4, -0.2) is 10.1 Å². The largest absolute Gasteiger partial charge is 0.343 e. The SMILES string of the molecule is CCC.c1ncon1. The van der Waals surface area contributed by atoms with Crippen molar-refractivity contribution >= 4 is 0 Å². The zero-order chi connectivity index (χ0) is 6.24. The third-order valence-corrected chi connectivity index (χ3v) is 0.283. The van der Waals surface area contributed by atoms with Crippen LogP contribution in [0.3, 0.4) is 0 Å². The van der Waals surface area contributed by atoms with E-state index in [-0.39, 0.29) is 0 Å². The van der Waals surface area contributed by atoms with Crippen molar-refractivity contribution in [2.45, 2.75) is 20.3 Å². The first-order valence-corrected chi connectivity index (χ1v) is 2.61. The van der Waals surface area contributed by atoms with Gasteiger partial charge >= 0.3 is 0 Å². The van der Waals surface area contributed by atoms with Crippen LogP contribution in [0.4, 0.5) is 0 Å². The van der Waals surface area contributed by atoms with E-state index in [1.54, 1.807) is 0 Å². The Labute approximate surface area is 48.7 Å². The molecule has 0 saturated carbocycles. The summed E-state index contributed by atoms with van der Waals surface area (Å²) in [5.74, 6) is 0. The van der Waals surface area contributed by atoms with Crippen LogP contribution in [-0.2, 0) is 0 Å². The highest BCUT2D eigenvalue weighted by atomic mass is 16.5. The lowest BCUT2D eigenvalue weighted by molar-refractivity contribution is 0.416. The molecule has 0 bridgehead atoms. The lowest BCUT2D eigenvalue weighted by Crippen LogP contribution is -1.44. The maximum Gasteiger partial charge on any atom is 0.213 e. The van der Waals surface area contributed by atoms with Gasteiger partial charge in [-0.15, -0.1) is 0 Å². The van der Waals surface area contributed by atoms with Gasteiger partial charge in [0, 0.05) is 0 Å². The van der Waals surface area contributed by atoms with Gasteiger partial charge in [-0.05, 0) is 0 Å². The number of aromatic nitrogens is 2. The second-order valence-corrected chi connectivity index (χ2v) is 1.29. The van der Waals surface area contributed by atoms with Gasteiger partial charge in [-0.2, -0.15) is 0 Å². The molecule has 0 aromatic carbocycles. The Morgan fingerprint density at radius 3 is 2.25 bits per heavy atom. The molecule has 8 heavy (non-hydrogen) atoms. The molecule has 0 aliphatic rings. The van der Waals surface area contributed by atoms with Gasteiger partial charge in [-0.3, -0.25) is 0 Å². The van der Waals surface area contributed by atoms with Crippen molar-refractivity contribution in [1.82, 2.24) is 10.1 Å². The van der Waals surface area contributed by atoms with E-state index in [0.717, 1.165) is 0 Å². The maximum absolute atomic E-state index is 4.22. The van der Waals surface area contributed by atoms with E-state index in [1.807, 2.05) is 0 Å². The molecule has 0 fully saturated rings. The second kappa shape index (κ2) is 6.14. The Balaban J connectivity index is 0.000000145. The standard InChI is InChI=1S/C3H8.C2H2N2O/c1-3-2;1-3-2-5-4-1/h3H2,1-2H3;1-2H. The van der Waals surface area contributed by atoms with Crippen molar-refractivity contribution in [3.05, 3.63) is 12.7 Å². The molecule has 1 aromatic heterocycles. The van der Waals surface area contributed by atoms with Crippen molar-refractivity contribution in [3.8, 4) is 0 Å². The molecule has 0 aliphatic heterocycles. The summed E-state index contributed by atoms with van der Waals surface area (Å²) in [5.41, 5.74) is 0. The molecule has 0 aliphatic carbocycles. The Bertz CT molecular complexity index is 77.3. The molecular weight excluding hydrogens is 104 g/mol. The van der Waals surface area contributed by atoms with Gasteiger partial charge in [0.15, 0.2) is 6.33 Å². The van der Waals surface area contributed by atoms with Crippen LogP contribution < -0.4 is 0 Å². The normalized spacial score (nSPS) is 7.25. The van der Waals surface area contributed by atoms with Crippen molar-refractivity contribution in [1.29, 1.82) is 0 Å². The lowest BCUT2D eigenvalue weighted by atomic mass is 10.6. The highest BCUT2D eigenvalue weighted by molar-refractivity contribution is 4.35. The van der Waals surface area contributed by atoms with Gasteiger partial charge in [-0.1, -0.05) is 25.4 Å². The number of hydrogen-bond donors (Lipinski definition) is 0. The highest BCUT2D eigenvalue weighted by Crippen LogP contribution is 1.62. The van der Waals surface area contributed by atoms with Gasteiger partial charge in [0.25, 0.3) is 0 Å². The van der Waals surface area contributed by atoms with E-state index in [1.165, 1.54) is 19.1 Å². The van der Waals surface area contributed by atoms with Gasteiger partial charge in [0.2, 0.25) is 6.39 Å². The molecule has 0 N–H and O–H groups in total. The van der Waals surface area contributed by atoms with Crippen molar-refractivity contribution in [3.63, 3.8) is 0 Å². The van der Waals surface area contributed by atoms with E-state index in [2.05, 4.69) is 28.5 Å². The van der Waals surface area contributed by atoms with Crippen LogP contribution in [0.2, 0.25) is 0 Å². The van der Waals surface area contributed by atoms with E-state index in [9.17, 15) is 0 Å². The van der Waals surface area contributed by atoms with Gasteiger partial charge in [0.1, 0.15) is 0 Å². The van der Waals surface area contributed by atoms with Gasteiger partial charge in [-0.25, -0.2) is 4.98 Å². The molecule has 1 heterocycles. The van der Waals surface area contributed by atoms with Crippen molar-refractivity contribution in [2.75, 3.05) is 0 Å². The van der Waals surface area contributed by atoms with Crippen LogP contribution in [0.15, 0.2) is 17.2 Å². The van der Waals surface area contributed by atoms with E-state index in [0.29, 0.717) is 0 Å². The molecule has 0 saturated heterocycles. The Morgan fingerprint density at radius 2 is 2.12 bits per heavy atom. The predicted molar refractivity (Wildman–Crippen MR) is 30.3 cm³/mol.